The van der Waals surface area contributed by atoms with Gasteiger partial charge in [-0.15, -0.1) is 5.92 Å². The van der Waals surface area contributed by atoms with Crippen LogP contribution in [0.2, 0.25) is 0 Å². The smallest absolute Gasteiger partial charge is 0.313 e. The van der Waals surface area contributed by atoms with E-state index in [2.05, 4.69) is 34.8 Å². The van der Waals surface area contributed by atoms with E-state index in [1.54, 1.807) is 13.0 Å². The quantitative estimate of drug-likeness (QED) is 0.0549. The third-order valence-corrected chi connectivity index (χ3v) is 21.0. The first-order valence-corrected chi connectivity index (χ1v) is 26.9. The van der Waals surface area contributed by atoms with Crippen LogP contribution in [0.5, 0.6) is 0 Å². The number of allylic oxidation sites excluding steroid dienone is 3. The number of carbonyl (C=O) groups is 2. The first-order chi connectivity index (χ1) is 33.0. The SMILES string of the molecule is CC1CCC2=CCC3C(CO)CC(O)C(C)(O)C4C(CC#CC(C5COC(=O)C5c5cc[nH]c5)CC3C2C1)CC1(O)C2=CC(=O)C3CC(O)C(O)CC3(C3CCCCC3)C2CCC41CCN=C(N)N. The maximum Gasteiger partial charge on any atom is 0.313 e. The van der Waals surface area contributed by atoms with E-state index in [1.807, 2.05) is 18.5 Å². The van der Waals surface area contributed by atoms with Gasteiger partial charge in [0.25, 0.3) is 0 Å². The number of ether oxygens (including phenoxy) is 1. The number of esters is 1. The van der Waals surface area contributed by atoms with Gasteiger partial charge >= 0.3 is 5.97 Å². The monoisotopic (exact) mass is 953 g/mol. The molecule has 0 aromatic carbocycles. The summed E-state index contributed by atoms with van der Waals surface area (Å²) in [4.78, 5) is 36.2. The first-order valence-electron chi connectivity index (χ1n) is 26.9. The number of ketones is 1. The number of aliphatic imine (C=N–C) groups is 1. The summed E-state index contributed by atoms with van der Waals surface area (Å²) in [7, 11) is 0. The van der Waals surface area contributed by atoms with Gasteiger partial charge in [-0.05, 0) is 173 Å². The molecule has 0 spiro atoms. The summed E-state index contributed by atoms with van der Waals surface area (Å²) in [6, 6.07) is 1.94. The molecular formula is C56H80N4O9. The molecule has 1 saturated heterocycles. The van der Waals surface area contributed by atoms with Crippen LogP contribution in [0.4, 0.5) is 0 Å². The third kappa shape index (κ3) is 8.08. The Morgan fingerprint density at radius 1 is 0.957 bits per heavy atom. The maximum absolute atomic E-state index is 14.9. The normalized spacial score (nSPS) is 46.8. The minimum atomic E-state index is -1.80. The largest absolute Gasteiger partial charge is 0.465 e. The minimum absolute atomic E-state index is 0.0254. The number of H-pyrrole nitrogens is 1. The zero-order valence-electron chi connectivity index (χ0n) is 41.0. The number of rotatable bonds is 7. The van der Waals surface area contributed by atoms with Crippen molar-refractivity contribution in [2.24, 2.45) is 98.3 Å². The molecule has 2 heterocycles. The van der Waals surface area contributed by atoms with Gasteiger partial charge in [-0.1, -0.05) is 43.8 Å². The number of aliphatic hydroxyl groups is 6. The molecule has 69 heavy (non-hydrogen) atoms. The van der Waals surface area contributed by atoms with Crippen molar-refractivity contribution in [3.63, 3.8) is 0 Å². The highest BCUT2D eigenvalue weighted by molar-refractivity contribution is 5.95. The van der Waals surface area contributed by atoms with Crippen molar-refractivity contribution >= 4 is 17.7 Å². The van der Waals surface area contributed by atoms with Gasteiger partial charge in [0.15, 0.2) is 11.7 Å². The van der Waals surface area contributed by atoms with Crippen LogP contribution in [0.1, 0.15) is 141 Å². The minimum Gasteiger partial charge on any atom is -0.465 e. The van der Waals surface area contributed by atoms with Crippen molar-refractivity contribution in [1.82, 2.24) is 4.98 Å². The molecule has 13 nitrogen and oxygen atoms in total. The molecule has 6 fully saturated rings. The Kier molecular flexibility index (Phi) is 13.4. The van der Waals surface area contributed by atoms with Gasteiger partial charge in [-0.3, -0.25) is 14.6 Å². The topological polar surface area (TPSA) is 245 Å². The predicted octanol–water partition coefficient (Wildman–Crippen LogP) is 5.43. The Morgan fingerprint density at radius 3 is 2.49 bits per heavy atom. The molecule has 8 aliphatic carbocycles. The summed E-state index contributed by atoms with van der Waals surface area (Å²) in [5, 5.41) is 74.7. The van der Waals surface area contributed by atoms with Crippen LogP contribution >= 0.6 is 0 Å². The number of nitrogens with two attached hydrogens (primary N) is 2. The highest BCUT2D eigenvalue weighted by Crippen LogP contribution is 2.73. The van der Waals surface area contributed by atoms with E-state index in [1.165, 1.54) is 5.57 Å². The molecule has 11 N–H and O–H groups in total. The van der Waals surface area contributed by atoms with Crippen LogP contribution in [-0.2, 0) is 14.3 Å². The molecule has 19 unspecified atom stereocenters. The van der Waals surface area contributed by atoms with Crippen LogP contribution in [-0.4, -0.2) is 103 Å². The molecule has 10 rings (SSSR count). The lowest BCUT2D eigenvalue weighted by atomic mass is 9.41. The fraction of sp³-hybridized carbons (Fsp3) is 0.768. The molecule has 19 atom stereocenters. The highest BCUT2D eigenvalue weighted by atomic mass is 16.5. The molecule has 0 radical (unpaired) electrons. The Hall–Kier alpha value is -3.51. The predicted molar refractivity (Wildman–Crippen MR) is 260 cm³/mol. The summed E-state index contributed by atoms with van der Waals surface area (Å²) in [6.07, 6.45) is 16.4. The summed E-state index contributed by atoms with van der Waals surface area (Å²) >= 11 is 0. The molecule has 1 aliphatic heterocycles. The van der Waals surface area contributed by atoms with Crippen molar-refractivity contribution in [1.29, 1.82) is 0 Å². The average molecular weight is 953 g/mol. The average Bonchev–Trinajstić information content (AvgIpc) is 4.05. The Labute approximate surface area is 408 Å². The van der Waals surface area contributed by atoms with Crippen molar-refractivity contribution in [2.75, 3.05) is 19.8 Å². The third-order valence-electron chi connectivity index (χ3n) is 21.0. The summed E-state index contributed by atoms with van der Waals surface area (Å²) in [6.45, 7) is 4.24. The Balaban J connectivity index is 1.12. The lowest BCUT2D eigenvalue weighted by molar-refractivity contribution is -0.197. The summed E-state index contributed by atoms with van der Waals surface area (Å²) in [5.74, 6) is 4.69. The van der Waals surface area contributed by atoms with E-state index in [-0.39, 0.29) is 123 Å². The van der Waals surface area contributed by atoms with Crippen LogP contribution in [0.25, 0.3) is 0 Å². The molecule has 13 heteroatoms. The van der Waals surface area contributed by atoms with Gasteiger partial charge in [0.1, 0.15) is 0 Å². The number of hydrogen-bond acceptors (Lipinski definition) is 10. The number of carbonyl (C=O) groups excluding carboxylic acids is 2. The number of nitrogens with one attached hydrogen (secondary N) is 1. The van der Waals surface area contributed by atoms with E-state index < -0.39 is 64.0 Å². The van der Waals surface area contributed by atoms with E-state index >= 15 is 0 Å². The van der Waals surface area contributed by atoms with Crippen LogP contribution < -0.4 is 11.5 Å². The molecule has 0 bridgehead atoms. The molecular weight excluding hydrogens is 873 g/mol. The molecule has 1 aromatic heterocycles. The second kappa shape index (κ2) is 18.8. The molecule has 0 amide bonds. The number of aromatic nitrogens is 1. The molecule has 378 valence electrons. The van der Waals surface area contributed by atoms with Gasteiger partial charge in [0.2, 0.25) is 0 Å². The van der Waals surface area contributed by atoms with E-state index in [0.717, 1.165) is 63.4 Å². The summed E-state index contributed by atoms with van der Waals surface area (Å²) < 4.78 is 5.90. The second-order valence-electron chi connectivity index (χ2n) is 24.2. The van der Waals surface area contributed by atoms with Crippen LogP contribution in [0.3, 0.4) is 0 Å². The number of guanidine groups is 1. The fourth-order valence-corrected chi connectivity index (χ4v) is 18.1. The van der Waals surface area contributed by atoms with E-state index in [9.17, 15) is 40.2 Å². The fourth-order valence-electron chi connectivity index (χ4n) is 18.1. The number of aromatic amines is 1. The number of fused-ring (bicyclic) bond motifs is 10. The highest BCUT2D eigenvalue weighted by Gasteiger charge is 2.74. The van der Waals surface area contributed by atoms with Gasteiger partial charge in [0.05, 0.1) is 42.0 Å². The maximum atomic E-state index is 14.9. The van der Waals surface area contributed by atoms with Gasteiger partial charge < -0.3 is 51.8 Å². The zero-order chi connectivity index (χ0) is 48.6. The van der Waals surface area contributed by atoms with Crippen LogP contribution in [0.15, 0.2) is 46.8 Å². The molecule has 9 aliphatic rings. The van der Waals surface area contributed by atoms with E-state index in [0.29, 0.717) is 30.8 Å². The van der Waals surface area contributed by atoms with E-state index in [4.69, 9.17) is 16.2 Å². The van der Waals surface area contributed by atoms with Gasteiger partial charge in [-0.2, -0.15) is 0 Å². The van der Waals surface area contributed by atoms with Crippen molar-refractivity contribution in [3.05, 3.63) is 47.3 Å². The standard InChI is InChI=1S/C56H80N4O9/c1-31-11-12-32-13-14-38-36(29-61)23-48(65)53(2,67)50-34(8-6-7-33(22-40(38)39(32)21-31)41-30-69-51(66)49(41)35-16-19-59-28-35)26-56(68)43-24-45(62)44-25-46(63)47(64)27-55(44,37-9-4-3-5-10-37)42(43)15-17-54(50,56)18-20-60-52(57)58/h13,16,19,24,28,31,33-34,36-42,44,46-50,59,61,63-65,67-68H,3-5,8-12,14-15,17-18,20-23,25-27,29-30H2,1-2H3,(H4,57,58,60). The Morgan fingerprint density at radius 2 is 1.75 bits per heavy atom. The lowest BCUT2D eigenvalue weighted by Gasteiger charge is -2.64. The molecule has 1 aromatic rings. The van der Waals surface area contributed by atoms with Crippen molar-refractivity contribution < 1.29 is 45.0 Å². The van der Waals surface area contributed by atoms with Gasteiger partial charge in [0, 0.05) is 61.1 Å². The summed E-state index contributed by atoms with van der Waals surface area (Å²) in [5.41, 5.74) is 9.72. The second-order valence-corrected chi connectivity index (χ2v) is 24.2. The number of cyclic esters (lactones) is 1. The van der Waals surface area contributed by atoms with Crippen LogP contribution in [0, 0.1) is 93.7 Å². The zero-order valence-corrected chi connectivity index (χ0v) is 41.0. The number of hydrogen-bond donors (Lipinski definition) is 9. The Bertz CT molecular complexity index is 2240. The first kappa shape index (κ1) is 49.1. The molecule has 5 saturated carbocycles. The lowest BCUT2D eigenvalue weighted by Crippen LogP contribution is -2.66. The number of nitrogens with zero attached hydrogens (tertiary/aromatic N) is 1. The van der Waals surface area contributed by atoms with Crippen molar-refractivity contribution in [2.45, 2.75) is 165 Å². The number of aliphatic hydroxyl groups excluding tert-OH is 4. The van der Waals surface area contributed by atoms with Gasteiger partial charge in [-0.25, -0.2) is 0 Å². The van der Waals surface area contributed by atoms with Crippen molar-refractivity contribution in [3.8, 4) is 11.8 Å².